The first kappa shape index (κ1) is 34.1. The number of rotatable bonds is 12. The predicted molar refractivity (Wildman–Crippen MR) is 191 cm³/mol. The van der Waals surface area contributed by atoms with Crippen molar-refractivity contribution in [3.05, 3.63) is 70.7 Å². The standard InChI is InChI=1S/C39H56N6O/c1-5-19-43(20-6-2)28-31-14-23-45(24-15-31)39(46)34-9-7-32(8-10-34)33-16-21-44(22-17-33)27-29(3)25-37-30(4)41-18-13-36(37)35-11-12-38(40)42-26-35/h7,9,11-13,18,25-26,31,33H,5-6,8,10,14-17,19-24,27-28H2,1-4H3,(H2,40,42)/b29-25+. The van der Waals surface area contributed by atoms with Gasteiger partial charge in [0.1, 0.15) is 5.82 Å². The highest BCUT2D eigenvalue weighted by Crippen LogP contribution is 2.33. The van der Waals surface area contributed by atoms with Crippen molar-refractivity contribution in [1.82, 2.24) is 24.7 Å². The van der Waals surface area contributed by atoms with Crippen LogP contribution < -0.4 is 5.73 Å². The lowest BCUT2D eigenvalue weighted by atomic mass is 9.83. The molecule has 2 fully saturated rings. The Bertz CT molecular complexity index is 1390. The number of anilines is 1. The number of likely N-dealkylation sites (tertiary alicyclic amines) is 2. The molecule has 2 N–H and O–H groups in total. The number of amides is 1. The van der Waals surface area contributed by atoms with Gasteiger partial charge in [0.25, 0.3) is 0 Å². The number of aromatic nitrogens is 2. The molecule has 46 heavy (non-hydrogen) atoms. The van der Waals surface area contributed by atoms with Crippen molar-refractivity contribution < 1.29 is 4.79 Å². The fraction of sp³-hybridized carbons (Fsp3) is 0.564. The number of nitrogens with zero attached hydrogens (tertiary/aromatic N) is 5. The van der Waals surface area contributed by atoms with E-state index in [1.807, 2.05) is 24.5 Å². The summed E-state index contributed by atoms with van der Waals surface area (Å²) in [6, 6.07) is 5.95. The van der Waals surface area contributed by atoms with Crippen molar-refractivity contribution in [3.63, 3.8) is 0 Å². The summed E-state index contributed by atoms with van der Waals surface area (Å²) in [7, 11) is 0. The summed E-state index contributed by atoms with van der Waals surface area (Å²) in [6.07, 6.45) is 19.5. The van der Waals surface area contributed by atoms with Crippen LogP contribution in [0.3, 0.4) is 0 Å². The van der Waals surface area contributed by atoms with Crippen LogP contribution in [0.2, 0.25) is 0 Å². The van der Waals surface area contributed by atoms with Crippen LogP contribution >= 0.6 is 0 Å². The first-order chi connectivity index (χ1) is 22.3. The zero-order valence-corrected chi connectivity index (χ0v) is 28.8. The Morgan fingerprint density at radius 3 is 2.35 bits per heavy atom. The largest absolute Gasteiger partial charge is 0.384 e. The van der Waals surface area contributed by atoms with E-state index in [1.165, 1.54) is 50.9 Å². The Morgan fingerprint density at radius 2 is 1.72 bits per heavy atom. The molecule has 0 unspecified atom stereocenters. The van der Waals surface area contributed by atoms with E-state index in [0.717, 1.165) is 92.3 Å². The first-order valence-corrected chi connectivity index (χ1v) is 17.8. The molecule has 1 aliphatic carbocycles. The van der Waals surface area contributed by atoms with Crippen molar-refractivity contribution in [2.45, 2.75) is 79.1 Å². The third-order valence-electron chi connectivity index (χ3n) is 10.2. The molecule has 0 radical (unpaired) electrons. The van der Waals surface area contributed by atoms with Gasteiger partial charge >= 0.3 is 0 Å². The molecule has 248 valence electrons. The van der Waals surface area contributed by atoms with E-state index in [0.29, 0.717) is 11.7 Å². The van der Waals surface area contributed by atoms with Gasteiger partial charge < -0.3 is 15.5 Å². The molecular weight excluding hydrogens is 568 g/mol. The summed E-state index contributed by atoms with van der Waals surface area (Å²) in [4.78, 5) is 29.6. The van der Waals surface area contributed by atoms with Crippen molar-refractivity contribution in [2.24, 2.45) is 11.8 Å². The maximum Gasteiger partial charge on any atom is 0.249 e. The van der Waals surface area contributed by atoms with Crippen molar-refractivity contribution in [1.29, 1.82) is 0 Å². The number of hydrogen-bond acceptors (Lipinski definition) is 6. The molecule has 0 saturated carbocycles. The number of nitrogens with two attached hydrogens (primary N) is 1. The molecule has 0 spiro atoms. The van der Waals surface area contributed by atoms with Gasteiger partial charge in [0.05, 0.1) is 0 Å². The monoisotopic (exact) mass is 624 g/mol. The van der Waals surface area contributed by atoms with E-state index in [1.54, 1.807) is 5.57 Å². The van der Waals surface area contributed by atoms with Crippen LogP contribution in [0.5, 0.6) is 0 Å². The lowest BCUT2D eigenvalue weighted by molar-refractivity contribution is -0.128. The number of carbonyl (C=O) groups excluding carboxylic acids is 1. The smallest absolute Gasteiger partial charge is 0.249 e. The van der Waals surface area contributed by atoms with Gasteiger partial charge in [0.15, 0.2) is 0 Å². The molecule has 2 saturated heterocycles. The molecule has 4 heterocycles. The van der Waals surface area contributed by atoms with Crippen molar-refractivity contribution >= 4 is 17.8 Å². The minimum Gasteiger partial charge on any atom is -0.384 e. The highest BCUT2D eigenvalue weighted by atomic mass is 16.2. The zero-order chi connectivity index (χ0) is 32.5. The van der Waals surface area contributed by atoms with Crippen LogP contribution in [0.1, 0.15) is 83.4 Å². The Hall–Kier alpha value is -3.29. The second-order valence-electron chi connectivity index (χ2n) is 13.8. The molecule has 2 aliphatic heterocycles. The third-order valence-corrected chi connectivity index (χ3v) is 10.2. The van der Waals surface area contributed by atoms with Crippen molar-refractivity contribution in [3.8, 4) is 11.1 Å². The van der Waals surface area contributed by atoms with Gasteiger partial charge in [-0.1, -0.05) is 43.2 Å². The van der Waals surface area contributed by atoms with Crippen molar-refractivity contribution in [2.75, 3.05) is 58.1 Å². The minimum absolute atomic E-state index is 0.282. The molecule has 2 aromatic heterocycles. The molecule has 7 nitrogen and oxygen atoms in total. The van der Waals surface area contributed by atoms with E-state index in [4.69, 9.17) is 5.73 Å². The average Bonchev–Trinajstić information content (AvgIpc) is 3.07. The van der Waals surface area contributed by atoms with Crippen LogP contribution in [0.25, 0.3) is 17.2 Å². The Balaban J connectivity index is 1.10. The number of hydrogen-bond donors (Lipinski definition) is 1. The van der Waals surface area contributed by atoms with Gasteiger partial charge in [-0.05, 0) is 127 Å². The summed E-state index contributed by atoms with van der Waals surface area (Å²) in [6.45, 7) is 17.4. The quantitative estimate of drug-likeness (QED) is 0.270. The maximum atomic E-state index is 13.4. The van der Waals surface area contributed by atoms with Crippen LogP contribution in [-0.4, -0.2) is 82.9 Å². The highest BCUT2D eigenvalue weighted by molar-refractivity contribution is 5.94. The summed E-state index contributed by atoms with van der Waals surface area (Å²) < 4.78 is 0. The van der Waals surface area contributed by atoms with Crippen LogP contribution in [0.15, 0.2) is 59.5 Å². The van der Waals surface area contributed by atoms with E-state index in [9.17, 15) is 4.79 Å². The third kappa shape index (κ3) is 8.95. The van der Waals surface area contributed by atoms with E-state index in [-0.39, 0.29) is 5.91 Å². The Kier molecular flexibility index (Phi) is 12.2. The Morgan fingerprint density at radius 1 is 0.978 bits per heavy atom. The molecule has 0 bridgehead atoms. The first-order valence-electron chi connectivity index (χ1n) is 17.8. The molecule has 0 aromatic carbocycles. The zero-order valence-electron chi connectivity index (χ0n) is 28.8. The van der Waals surface area contributed by atoms with Crippen LogP contribution in [-0.2, 0) is 4.79 Å². The topological polar surface area (TPSA) is 78.6 Å². The van der Waals surface area contributed by atoms with Crippen LogP contribution in [0.4, 0.5) is 5.82 Å². The molecule has 7 heteroatoms. The molecule has 3 aliphatic rings. The second kappa shape index (κ2) is 16.5. The van der Waals surface area contributed by atoms with Gasteiger partial charge in [-0.25, -0.2) is 4.98 Å². The SMILES string of the molecule is CCCN(CCC)CC1CCN(C(=O)C2=CC=C(C3CCN(C/C(C)=C/c4c(-c5ccc(N)nc5)ccnc4C)CC3)CC2)CC1. The fourth-order valence-corrected chi connectivity index (χ4v) is 7.67. The minimum atomic E-state index is 0.282. The van der Waals surface area contributed by atoms with Crippen LogP contribution in [0, 0.1) is 18.8 Å². The van der Waals surface area contributed by atoms with Gasteiger partial charge in [0.2, 0.25) is 5.91 Å². The number of aryl methyl sites for hydroxylation is 1. The summed E-state index contributed by atoms with van der Waals surface area (Å²) in [5, 5.41) is 0. The maximum absolute atomic E-state index is 13.4. The fourth-order valence-electron chi connectivity index (χ4n) is 7.67. The van der Waals surface area contributed by atoms with E-state index in [2.05, 4.69) is 76.7 Å². The van der Waals surface area contributed by atoms with Gasteiger partial charge in [-0.2, -0.15) is 0 Å². The molecule has 2 aromatic rings. The normalized spacial score (nSPS) is 19.0. The molecule has 5 rings (SSSR count). The summed E-state index contributed by atoms with van der Waals surface area (Å²) >= 11 is 0. The number of allylic oxidation sites excluding steroid dienone is 3. The molecule has 0 atom stereocenters. The second-order valence-corrected chi connectivity index (χ2v) is 13.8. The summed E-state index contributed by atoms with van der Waals surface area (Å²) in [5.41, 5.74) is 14.1. The summed E-state index contributed by atoms with van der Waals surface area (Å²) in [5.74, 6) is 2.17. The number of piperidine rings is 2. The predicted octanol–water partition coefficient (Wildman–Crippen LogP) is 7.16. The number of carbonyl (C=O) groups is 1. The average molecular weight is 625 g/mol. The number of nitrogen functional groups attached to an aromatic ring is 1. The Labute approximate surface area is 277 Å². The molecule has 1 amide bonds. The lowest BCUT2D eigenvalue weighted by Gasteiger charge is -2.36. The van der Waals surface area contributed by atoms with Gasteiger partial charge in [-0.3, -0.25) is 14.7 Å². The molecular formula is C39H56N6O. The number of pyridine rings is 2. The lowest BCUT2D eigenvalue weighted by Crippen LogP contribution is -2.42. The van der Waals surface area contributed by atoms with Gasteiger partial charge in [-0.15, -0.1) is 0 Å². The van der Waals surface area contributed by atoms with Gasteiger partial charge in [0, 0.05) is 61.0 Å². The highest BCUT2D eigenvalue weighted by Gasteiger charge is 2.28. The van der Waals surface area contributed by atoms with E-state index < -0.39 is 0 Å². The van der Waals surface area contributed by atoms with E-state index >= 15 is 0 Å².